The lowest BCUT2D eigenvalue weighted by Crippen LogP contribution is -2.15. The molecule has 2 rings (SSSR count). The highest BCUT2D eigenvalue weighted by atomic mass is 16.5. The van der Waals surface area contributed by atoms with Crippen LogP contribution in [0.3, 0.4) is 0 Å². The van der Waals surface area contributed by atoms with Crippen LogP contribution in [0.25, 0.3) is 0 Å². The molecule has 1 unspecified atom stereocenters. The average Bonchev–Trinajstić information content (AvgIpc) is 2.76. The number of aliphatic hydroxyl groups is 1. The Balaban J connectivity index is 1.92. The molecule has 1 fully saturated rings. The first-order valence-electron chi connectivity index (χ1n) is 4.50. The molecular weight excluding hydrogens is 170 g/mol. The van der Waals surface area contributed by atoms with E-state index in [4.69, 9.17) is 9.84 Å². The van der Waals surface area contributed by atoms with Gasteiger partial charge in [0.05, 0.1) is 25.5 Å². The Bertz CT molecular complexity index is 268. The highest BCUT2D eigenvalue weighted by Crippen LogP contribution is 2.13. The molecule has 0 aromatic carbocycles. The van der Waals surface area contributed by atoms with E-state index in [1.54, 1.807) is 10.9 Å². The van der Waals surface area contributed by atoms with Crippen LogP contribution in [0.15, 0.2) is 6.20 Å². The average molecular weight is 183 g/mol. The van der Waals surface area contributed by atoms with Gasteiger partial charge < -0.3 is 9.84 Å². The molecule has 72 valence electrons. The number of hydrogen-bond donors (Lipinski definition) is 1. The number of rotatable bonds is 3. The Morgan fingerprint density at radius 2 is 2.62 bits per heavy atom. The minimum atomic E-state index is -0.0501. The van der Waals surface area contributed by atoms with Crippen molar-refractivity contribution in [2.24, 2.45) is 0 Å². The van der Waals surface area contributed by atoms with Gasteiger partial charge in [0.2, 0.25) is 0 Å². The lowest BCUT2D eigenvalue weighted by atomic mass is 10.2. The first-order chi connectivity index (χ1) is 6.38. The van der Waals surface area contributed by atoms with Gasteiger partial charge in [-0.3, -0.25) is 0 Å². The Morgan fingerprint density at radius 3 is 3.23 bits per heavy atom. The monoisotopic (exact) mass is 183 g/mol. The Morgan fingerprint density at radius 1 is 1.69 bits per heavy atom. The molecule has 1 aliphatic heterocycles. The Labute approximate surface area is 76.3 Å². The van der Waals surface area contributed by atoms with E-state index in [1.807, 2.05) is 0 Å². The van der Waals surface area contributed by atoms with E-state index in [-0.39, 0.29) is 12.7 Å². The summed E-state index contributed by atoms with van der Waals surface area (Å²) >= 11 is 0. The van der Waals surface area contributed by atoms with Crippen LogP contribution in [0.2, 0.25) is 0 Å². The zero-order valence-corrected chi connectivity index (χ0v) is 7.39. The number of ether oxygens (including phenoxy) is 1. The summed E-state index contributed by atoms with van der Waals surface area (Å²) in [7, 11) is 0. The van der Waals surface area contributed by atoms with Crippen LogP contribution in [0.4, 0.5) is 0 Å². The van der Waals surface area contributed by atoms with E-state index in [2.05, 4.69) is 10.3 Å². The molecule has 0 amide bonds. The predicted molar refractivity (Wildman–Crippen MR) is 44.9 cm³/mol. The number of hydrogen-bond acceptors (Lipinski definition) is 4. The van der Waals surface area contributed by atoms with Crippen LogP contribution in [0.5, 0.6) is 0 Å². The maximum Gasteiger partial charge on any atom is 0.108 e. The molecule has 1 aromatic rings. The van der Waals surface area contributed by atoms with Gasteiger partial charge in [-0.2, -0.15) is 0 Å². The van der Waals surface area contributed by atoms with Gasteiger partial charge in [-0.05, 0) is 12.8 Å². The summed E-state index contributed by atoms with van der Waals surface area (Å²) in [4.78, 5) is 0. The molecule has 1 saturated heterocycles. The molecule has 0 radical (unpaired) electrons. The van der Waals surface area contributed by atoms with Crippen LogP contribution in [-0.2, 0) is 17.9 Å². The fourth-order valence-electron chi connectivity index (χ4n) is 1.50. The molecule has 13 heavy (non-hydrogen) atoms. The molecule has 2 heterocycles. The zero-order valence-electron chi connectivity index (χ0n) is 7.39. The largest absolute Gasteiger partial charge is 0.390 e. The summed E-state index contributed by atoms with van der Waals surface area (Å²) in [6.07, 6.45) is 4.25. The molecule has 1 N–H and O–H groups in total. The number of aliphatic hydroxyl groups excluding tert-OH is 1. The summed E-state index contributed by atoms with van der Waals surface area (Å²) in [5, 5.41) is 16.4. The van der Waals surface area contributed by atoms with Crippen molar-refractivity contribution in [1.29, 1.82) is 0 Å². The second-order valence-electron chi connectivity index (χ2n) is 3.23. The van der Waals surface area contributed by atoms with Crippen molar-refractivity contribution in [3.05, 3.63) is 11.9 Å². The fraction of sp³-hybridized carbons (Fsp3) is 0.750. The molecule has 0 saturated carbocycles. The van der Waals surface area contributed by atoms with Crippen molar-refractivity contribution in [3.63, 3.8) is 0 Å². The molecule has 1 aliphatic rings. The van der Waals surface area contributed by atoms with Crippen molar-refractivity contribution in [2.75, 3.05) is 6.61 Å². The van der Waals surface area contributed by atoms with E-state index < -0.39 is 0 Å². The predicted octanol–water partition coefficient (Wildman–Crippen LogP) is -0.0506. The van der Waals surface area contributed by atoms with E-state index in [0.717, 1.165) is 26.0 Å². The molecule has 1 atom stereocenters. The van der Waals surface area contributed by atoms with Gasteiger partial charge in [0.15, 0.2) is 0 Å². The van der Waals surface area contributed by atoms with Crippen molar-refractivity contribution in [2.45, 2.75) is 32.1 Å². The summed E-state index contributed by atoms with van der Waals surface area (Å²) in [6, 6.07) is 0. The second kappa shape index (κ2) is 3.85. The van der Waals surface area contributed by atoms with Gasteiger partial charge in [-0.1, -0.05) is 5.21 Å². The van der Waals surface area contributed by atoms with Crippen LogP contribution in [0, 0.1) is 0 Å². The van der Waals surface area contributed by atoms with E-state index in [1.165, 1.54) is 0 Å². The third-order valence-electron chi connectivity index (χ3n) is 2.16. The number of nitrogens with zero attached hydrogens (tertiary/aromatic N) is 3. The maximum atomic E-state index is 8.76. The van der Waals surface area contributed by atoms with Crippen LogP contribution < -0.4 is 0 Å². The van der Waals surface area contributed by atoms with Crippen LogP contribution in [-0.4, -0.2) is 32.8 Å². The molecule has 0 aliphatic carbocycles. The van der Waals surface area contributed by atoms with E-state index in [9.17, 15) is 0 Å². The topological polar surface area (TPSA) is 60.2 Å². The van der Waals surface area contributed by atoms with Crippen molar-refractivity contribution >= 4 is 0 Å². The molecule has 5 nitrogen and oxygen atoms in total. The van der Waals surface area contributed by atoms with Crippen molar-refractivity contribution in [3.8, 4) is 0 Å². The second-order valence-corrected chi connectivity index (χ2v) is 3.23. The third kappa shape index (κ3) is 2.05. The van der Waals surface area contributed by atoms with Crippen molar-refractivity contribution < 1.29 is 9.84 Å². The molecule has 0 spiro atoms. The first kappa shape index (κ1) is 8.65. The lowest BCUT2D eigenvalue weighted by Gasteiger charge is -2.07. The maximum absolute atomic E-state index is 8.76. The van der Waals surface area contributed by atoms with Gasteiger partial charge >= 0.3 is 0 Å². The summed E-state index contributed by atoms with van der Waals surface area (Å²) in [5.74, 6) is 0. The van der Waals surface area contributed by atoms with Crippen LogP contribution >= 0.6 is 0 Å². The smallest absolute Gasteiger partial charge is 0.108 e. The van der Waals surface area contributed by atoms with Crippen molar-refractivity contribution in [1.82, 2.24) is 15.0 Å². The molecule has 1 aromatic heterocycles. The standard InChI is InChI=1S/C8H13N3O2/c12-6-7-4-11(10-9-7)5-8-2-1-3-13-8/h4,8,12H,1-3,5-6H2. The highest BCUT2D eigenvalue weighted by Gasteiger charge is 2.16. The lowest BCUT2D eigenvalue weighted by molar-refractivity contribution is 0.0935. The van der Waals surface area contributed by atoms with E-state index in [0.29, 0.717) is 5.69 Å². The first-order valence-corrected chi connectivity index (χ1v) is 4.50. The van der Waals surface area contributed by atoms with Gasteiger partial charge in [0.1, 0.15) is 5.69 Å². The highest BCUT2D eigenvalue weighted by molar-refractivity contribution is 4.89. The zero-order chi connectivity index (χ0) is 9.10. The van der Waals surface area contributed by atoms with Gasteiger partial charge in [-0.25, -0.2) is 4.68 Å². The van der Waals surface area contributed by atoms with E-state index >= 15 is 0 Å². The minimum absolute atomic E-state index is 0.0501. The third-order valence-corrected chi connectivity index (χ3v) is 2.16. The van der Waals surface area contributed by atoms with Gasteiger partial charge in [-0.15, -0.1) is 5.10 Å². The number of aromatic nitrogens is 3. The Kier molecular flexibility index (Phi) is 2.56. The SMILES string of the molecule is OCc1cn(CC2CCCO2)nn1. The quantitative estimate of drug-likeness (QED) is 0.713. The van der Waals surface area contributed by atoms with Crippen LogP contribution in [0.1, 0.15) is 18.5 Å². The Hall–Kier alpha value is -0.940. The van der Waals surface area contributed by atoms with Gasteiger partial charge in [0.25, 0.3) is 0 Å². The normalized spacial score (nSPS) is 22.4. The summed E-state index contributed by atoms with van der Waals surface area (Å²) < 4.78 is 7.17. The molecular formula is C8H13N3O2. The minimum Gasteiger partial charge on any atom is -0.390 e. The summed E-state index contributed by atoms with van der Waals surface area (Å²) in [6.45, 7) is 1.55. The summed E-state index contributed by atoms with van der Waals surface area (Å²) in [5.41, 5.74) is 0.609. The molecule has 0 bridgehead atoms. The molecule has 5 heteroatoms. The fourth-order valence-corrected chi connectivity index (χ4v) is 1.50. The van der Waals surface area contributed by atoms with Gasteiger partial charge in [0, 0.05) is 6.61 Å².